The highest BCUT2D eigenvalue weighted by molar-refractivity contribution is 7.93. The molecule has 0 amide bonds. The first-order valence-electron chi connectivity index (χ1n) is 10.3. The summed E-state index contributed by atoms with van der Waals surface area (Å²) < 4.78 is 67.3. The molecule has 2 aromatic carbocycles. The molecule has 36 heavy (non-hydrogen) atoms. The molecular formula is C24H16F2N4O5S. The van der Waals surface area contributed by atoms with Gasteiger partial charge in [-0.2, -0.15) is 0 Å². The minimum Gasteiger partial charge on any atom is -0.493 e. The van der Waals surface area contributed by atoms with E-state index in [1.807, 2.05) is 0 Å². The van der Waals surface area contributed by atoms with Crippen LogP contribution in [0.15, 0.2) is 93.7 Å². The fourth-order valence-electron chi connectivity index (χ4n) is 3.71. The van der Waals surface area contributed by atoms with E-state index in [1.54, 1.807) is 18.3 Å². The molecule has 0 spiro atoms. The number of anilines is 2. The zero-order chi connectivity index (χ0) is 25.4. The Morgan fingerprint density at radius 2 is 1.78 bits per heavy atom. The molecular weight excluding hydrogens is 494 g/mol. The average molecular weight is 510 g/mol. The standard InChI is InChI=1S/C24H16F2N4O5S/c1-34-22-14-29(19-10-17(25)9-18(26)11-19)24(31)12-21(22)30(23-5-7-35-28-23)36(32,33)20-3-2-16-13-27-6-4-15(16)8-20/h2-14H,1H3. The lowest BCUT2D eigenvalue weighted by molar-refractivity contribution is 0.411. The van der Waals surface area contributed by atoms with Crippen molar-refractivity contribution in [1.82, 2.24) is 14.7 Å². The highest BCUT2D eigenvalue weighted by atomic mass is 32.2. The molecule has 0 atom stereocenters. The van der Waals surface area contributed by atoms with Crippen LogP contribution in [0.4, 0.5) is 20.3 Å². The molecule has 0 fully saturated rings. The van der Waals surface area contributed by atoms with E-state index in [-0.39, 0.29) is 27.8 Å². The number of fused-ring (bicyclic) bond motifs is 1. The number of halogens is 2. The Morgan fingerprint density at radius 3 is 2.47 bits per heavy atom. The number of aromatic nitrogens is 3. The molecule has 0 N–H and O–H groups in total. The van der Waals surface area contributed by atoms with Gasteiger partial charge in [-0.25, -0.2) is 21.5 Å². The molecule has 0 aliphatic heterocycles. The number of benzene rings is 2. The maximum atomic E-state index is 13.9. The first kappa shape index (κ1) is 23.2. The van der Waals surface area contributed by atoms with E-state index < -0.39 is 27.2 Å². The highest BCUT2D eigenvalue weighted by Crippen LogP contribution is 2.37. The topological polar surface area (TPSA) is 108 Å². The number of nitrogens with zero attached hydrogens (tertiary/aromatic N) is 4. The lowest BCUT2D eigenvalue weighted by Crippen LogP contribution is -2.29. The van der Waals surface area contributed by atoms with Gasteiger partial charge < -0.3 is 9.26 Å². The van der Waals surface area contributed by atoms with Crippen LogP contribution in [0.1, 0.15) is 0 Å². The number of ether oxygens (including phenoxy) is 1. The molecule has 9 nitrogen and oxygen atoms in total. The van der Waals surface area contributed by atoms with Gasteiger partial charge in [0.05, 0.1) is 23.9 Å². The van der Waals surface area contributed by atoms with Crippen LogP contribution in [-0.4, -0.2) is 30.2 Å². The van der Waals surface area contributed by atoms with Crippen LogP contribution in [0, 0.1) is 11.6 Å². The van der Waals surface area contributed by atoms with Crippen molar-refractivity contribution < 1.29 is 26.5 Å². The van der Waals surface area contributed by atoms with E-state index in [1.165, 1.54) is 37.8 Å². The zero-order valence-corrected chi connectivity index (χ0v) is 19.3. The van der Waals surface area contributed by atoms with Crippen LogP contribution in [0.3, 0.4) is 0 Å². The maximum absolute atomic E-state index is 13.9. The first-order chi connectivity index (χ1) is 17.3. The number of methoxy groups -OCH3 is 1. The Labute approximate surface area is 202 Å². The Morgan fingerprint density at radius 1 is 1.00 bits per heavy atom. The Balaban J connectivity index is 1.72. The number of hydrogen-bond acceptors (Lipinski definition) is 7. The van der Waals surface area contributed by atoms with E-state index in [2.05, 4.69) is 10.1 Å². The van der Waals surface area contributed by atoms with Gasteiger partial charge in [0.1, 0.15) is 23.6 Å². The smallest absolute Gasteiger partial charge is 0.270 e. The van der Waals surface area contributed by atoms with Gasteiger partial charge in [-0.05, 0) is 35.7 Å². The van der Waals surface area contributed by atoms with Crippen LogP contribution in [0.5, 0.6) is 5.75 Å². The second-order valence-electron chi connectivity index (χ2n) is 7.57. The number of sulfonamides is 1. The van der Waals surface area contributed by atoms with Crippen molar-refractivity contribution in [2.24, 2.45) is 0 Å². The van der Waals surface area contributed by atoms with E-state index in [9.17, 15) is 22.0 Å². The van der Waals surface area contributed by atoms with E-state index in [0.717, 1.165) is 38.7 Å². The van der Waals surface area contributed by atoms with Crippen LogP contribution in [0.25, 0.3) is 16.5 Å². The van der Waals surface area contributed by atoms with Crippen molar-refractivity contribution in [3.63, 3.8) is 0 Å². The van der Waals surface area contributed by atoms with Crippen molar-refractivity contribution in [1.29, 1.82) is 0 Å². The molecule has 12 heteroatoms. The quantitative estimate of drug-likeness (QED) is 0.337. The normalized spacial score (nSPS) is 11.5. The molecule has 0 saturated heterocycles. The summed E-state index contributed by atoms with van der Waals surface area (Å²) in [6, 6.07) is 11.0. The molecule has 0 aliphatic carbocycles. The van der Waals surface area contributed by atoms with Crippen molar-refractivity contribution in [2.75, 3.05) is 11.4 Å². The molecule has 3 aromatic heterocycles. The molecule has 0 radical (unpaired) electrons. The minimum absolute atomic E-state index is 0.0872. The van der Waals surface area contributed by atoms with Gasteiger partial charge >= 0.3 is 0 Å². The van der Waals surface area contributed by atoms with Crippen molar-refractivity contribution in [2.45, 2.75) is 4.90 Å². The third-order valence-corrected chi connectivity index (χ3v) is 7.06. The summed E-state index contributed by atoms with van der Waals surface area (Å²) in [6.45, 7) is 0. The second kappa shape index (κ2) is 8.89. The van der Waals surface area contributed by atoms with Crippen molar-refractivity contribution in [3.05, 3.63) is 101 Å². The van der Waals surface area contributed by atoms with Gasteiger partial charge in [-0.1, -0.05) is 11.2 Å². The van der Waals surface area contributed by atoms with Gasteiger partial charge in [0, 0.05) is 36.0 Å². The molecule has 0 bridgehead atoms. The molecule has 5 rings (SSSR count). The molecule has 0 saturated carbocycles. The highest BCUT2D eigenvalue weighted by Gasteiger charge is 2.32. The summed E-state index contributed by atoms with van der Waals surface area (Å²) >= 11 is 0. The Bertz CT molecular complexity index is 1730. The summed E-state index contributed by atoms with van der Waals surface area (Å²) in [5.74, 6) is -2.01. The third kappa shape index (κ3) is 4.07. The predicted octanol–water partition coefficient (Wildman–Crippen LogP) is 4.19. The summed E-state index contributed by atoms with van der Waals surface area (Å²) in [5, 5.41) is 5.11. The van der Waals surface area contributed by atoms with E-state index >= 15 is 0 Å². The molecule has 0 unspecified atom stereocenters. The van der Waals surface area contributed by atoms with Gasteiger partial charge in [-0.15, -0.1) is 0 Å². The Hall–Kier alpha value is -4.58. The molecule has 182 valence electrons. The number of hydrogen-bond donors (Lipinski definition) is 0. The van der Waals surface area contributed by atoms with Gasteiger partial charge in [0.25, 0.3) is 15.6 Å². The average Bonchev–Trinajstić information content (AvgIpc) is 3.37. The number of pyridine rings is 2. The minimum atomic E-state index is -4.37. The summed E-state index contributed by atoms with van der Waals surface area (Å²) in [5.41, 5.74) is -1.07. The summed E-state index contributed by atoms with van der Waals surface area (Å²) in [4.78, 5) is 17.0. The summed E-state index contributed by atoms with van der Waals surface area (Å²) in [6.07, 6.45) is 5.44. The van der Waals surface area contributed by atoms with E-state index in [0.29, 0.717) is 11.5 Å². The predicted molar refractivity (Wildman–Crippen MR) is 126 cm³/mol. The van der Waals surface area contributed by atoms with Crippen LogP contribution >= 0.6 is 0 Å². The van der Waals surface area contributed by atoms with Crippen molar-refractivity contribution in [3.8, 4) is 11.4 Å². The second-order valence-corrected chi connectivity index (χ2v) is 9.36. The zero-order valence-electron chi connectivity index (χ0n) is 18.5. The van der Waals surface area contributed by atoms with Crippen LogP contribution in [-0.2, 0) is 10.0 Å². The third-order valence-electron chi connectivity index (χ3n) is 5.34. The van der Waals surface area contributed by atoms with E-state index in [4.69, 9.17) is 9.26 Å². The van der Waals surface area contributed by atoms with Crippen LogP contribution < -0.4 is 14.6 Å². The SMILES string of the molecule is COc1cn(-c2cc(F)cc(F)c2)c(=O)cc1N(c1ccon1)S(=O)(=O)c1ccc2cnccc2c1. The fraction of sp³-hybridized carbons (Fsp3) is 0.0417. The largest absolute Gasteiger partial charge is 0.493 e. The fourth-order valence-corrected chi connectivity index (χ4v) is 5.18. The monoisotopic (exact) mass is 510 g/mol. The molecule has 0 aliphatic rings. The lowest BCUT2D eigenvalue weighted by atomic mass is 10.2. The molecule has 3 heterocycles. The van der Waals surface area contributed by atoms with Crippen molar-refractivity contribution >= 4 is 32.3 Å². The first-order valence-corrected chi connectivity index (χ1v) is 11.8. The number of rotatable bonds is 6. The maximum Gasteiger partial charge on any atom is 0.270 e. The van der Waals surface area contributed by atoms with Gasteiger partial charge in [-0.3, -0.25) is 14.3 Å². The van der Waals surface area contributed by atoms with Gasteiger partial charge in [0.15, 0.2) is 11.6 Å². The lowest BCUT2D eigenvalue weighted by Gasteiger charge is -2.24. The Kier molecular flexibility index (Phi) is 5.72. The van der Waals surface area contributed by atoms with Crippen LogP contribution in [0.2, 0.25) is 0 Å². The molecule has 5 aromatic rings. The van der Waals surface area contributed by atoms with Gasteiger partial charge in [0.2, 0.25) is 0 Å². The summed E-state index contributed by atoms with van der Waals surface area (Å²) in [7, 11) is -3.11.